The van der Waals surface area contributed by atoms with Crippen LogP contribution >= 0.6 is 0 Å². The second kappa shape index (κ2) is 3.54. The van der Waals surface area contributed by atoms with Gasteiger partial charge in [0, 0.05) is 12.6 Å². The highest BCUT2D eigenvalue weighted by Crippen LogP contribution is 2.04. The van der Waals surface area contributed by atoms with Crippen molar-refractivity contribution in [3.05, 3.63) is 0 Å². The number of carboxylic acid groups (broad SMARTS) is 1. The van der Waals surface area contributed by atoms with Gasteiger partial charge in [0.05, 0.1) is 12.6 Å². The number of amides is 1. The minimum absolute atomic E-state index is 0.111. The van der Waals surface area contributed by atoms with E-state index in [-0.39, 0.29) is 12.1 Å². The largest absolute Gasteiger partial charge is 0.465 e. The summed E-state index contributed by atoms with van der Waals surface area (Å²) < 4.78 is 5.05. The first-order chi connectivity index (χ1) is 5.20. The van der Waals surface area contributed by atoms with Gasteiger partial charge in [0.2, 0.25) is 0 Å². The Labute approximate surface area is 64.5 Å². The van der Waals surface area contributed by atoms with Crippen molar-refractivity contribution in [2.45, 2.75) is 18.5 Å². The summed E-state index contributed by atoms with van der Waals surface area (Å²) in [5.41, 5.74) is 5.62. The van der Waals surface area contributed by atoms with Gasteiger partial charge >= 0.3 is 6.09 Å². The van der Waals surface area contributed by atoms with Gasteiger partial charge in [-0.3, -0.25) is 0 Å². The molecule has 1 aliphatic rings. The number of ether oxygens (including phenoxy) is 1. The maximum atomic E-state index is 10.2. The third kappa shape index (κ3) is 2.36. The molecule has 1 rings (SSSR count). The Hall–Kier alpha value is -0.810. The third-order valence-electron chi connectivity index (χ3n) is 1.72. The summed E-state index contributed by atoms with van der Waals surface area (Å²) in [5, 5.41) is 10.7. The molecular formula is C6H12N2O3. The predicted octanol–water partition coefficient (Wildman–Crippen LogP) is -0.630. The van der Waals surface area contributed by atoms with E-state index >= 15 is 0 Å². The minimum Gasteiger partial charge on any atom is -0.465 e. The van der Waals surface area contributed by atoms with Crippen LogP contribution in [0.3, 0.4) is 0 Å². The molecule has 1 fully saturated rings. The fourth-order valence-corrected chi connectivity index (χ4v) is 1.06. The van der Waals surface area contributed by atoms with Crippen molar-refractivity contribution in [3.63, 3.8) is 0 Å². The average Bonchev–Trinajstić information content (AvgIpc) is 1.93. The van der Waals surface area contributed by atoms with Crippen LogP contribution < -0.4 is 11.1 Å². The quantitative estimate of drug-likeness (QED) is 0.477. The molecule has 0 aromatic heterocycles. The molecule has 2 atom stereocenters. The lowest BCUT2D eigenvalue weighted by molar-refractivity contribution is 0.0584. The van der Waals surface area contributed by atoms with Gasteiger partial charge in [0.25, 0.3) is 0 Å². The Bertz CT molecular complexity index is 151. The number of hydrogen-bond donors (Lipinski definition) is 3. The molecule has 11 heavy (non-hydrogen) atoms. The van der Waals surface area contributed by atoms with Gasteiger partial charge < -0.3 is 20.9 Å². The lowest BCUT2D eigenvalue weighted by Crippen LogP contribution is -2.52. The van der Waals surface area contributed by atoms with Gasteiger partial charge in [-0.2, -0.15) is 0 Å². The van der Waals surface area contributed by atoms with E-state index in [0.29, 0.717) is 19.6 Å². The van der Waals surface area contributed by atoms with Crippen LogP contribution in [-0.4, -0.2) is 36.5 Å². The van der Waals surface area contributed by atoms with E-state index in [2.05, 4.69) is 5.32 Å². The Morgan fingerprint density at radius 1 is 1.73 bits per heavy atom. The number of nitrogens with two attached hydrogens (primary N) is 1. The molecule has 1 aliphatic heterocycles. The Balaban J connectivity index is 2.35. The van der Waals surface area contributed by atoms with Crippen molar-refractivity contribution in [1.29, 1.82) is 0 Å². The van der Waals surface area contributed by atoms with Crippen molar-refractivity contribution in [2.24, 2.45) is 5.73 Å². The van der Waals surface area contributed by atoms with E-state index in [9.17, 15) is 4.79 Å². The minimum atomic E-state index is -1.05. The fourth-order valence-electron chi connectivity index (χ4n) is 1.06. The molecule has 0 bridgehead atoms. The third-order valence-corrected chi connectivity index (χ3v) is 1.72. The lowest BCUT2D eigenvalue weighted by Gasteiger charge is -2.28. The molecular weight excluding hydrogens is 148 g/mol. The highest BCUT2D eigenvalue weighted by molar-refractivity contribution is 5.65. The molecule has 0 radical (unpaired) electrons. The average molecular weight is 160 g/mol. The number of rotatable bonds is 1. The molecule has 4 N–H and O–H groups in total. The zero-order valence-corrected chi connectivity index (χ0v) is 6.12. The molecule has 0 aromatic carbocycles. The summed E-state index contributed by atoms with van der Waals surface area (Å²) in [7, 11) is 0. The summed E-state index contributed by atoms with van der Waals surface area (Å²) in [6.07, 6.45) is -0.332. The van der Waals surface area contributed by atoms with Gasteiger partial charge in [-0.25, -0.2) is 4.79 Å². The van der Waals surface area contributed by atoms with Gasteiger partial charge in [0.15, 0.2) is 0 Å². The zero-order chi connectivity index (χ0) is 8.27. The molecule has 64 valence electrons. The summed E-state index contributed by atoms with van der Waals surface area (Å²) >= 11 is 0. The Kier molecular flexibility index (Phi) is 2.67. The maximum Gasteiger partial charge on any atom is 0.405 e. The van der Waals surface area contributed by atoms with Gasteiger partial charge in [-0.15, -0.1) is 0 Å². The van der Waals surface area contributed by atoms with Crippen LogP contribution in [0.15, 0.2) is 0 Å². The molecule has 1 saturated heterocycles. The van der Waals surface area contributed by atoms with E-state index < -0.39 is 6.09 Å². The second-order valence-corrected chi connectivity index (χ2v) is 2.58. The topological polar surface area (TPSA) is 84.6 Å². The summed E-state index contributed by atoms with van der Waals surface area (Å²) in [5.74, 6) is 0. The van der Waals surface area contributed by atoms with Crippen molar-refractivity contribution in [1.82, 2.24) is 5.32 Å². The van der Waals surface area contributed by atoms with E-state index in [4.69, 9.17) is 15.6 Å². The number of hydrogen-bond acceptors (Lipinski definition) is 3. The number of nitrogens with one attached hydrogen (secondary N) is 1. The Morgan fingerprint density at radius 2 is 2.45 bits per heavy atom. The maximum absolute atomic E-state index is 10.2. The van der Waals surface area contributed by atoms with Crippen LogP contribution in [0.2, 0.25) is 0 Å². The highest BCUT2D eigenvalue weighted by Gasteiger charge is 2.23. The molecule has 1 amide bonds. The van der Waals surface area contributed by atoms with E-state index in [1.54, 1.807) is 0 Å². The molecule has 5 nitrogen and oxygen atoms in total. The van der Waals surface area contributed by atoms with E-state index in [1.807, 2.05) is 0 Å². The van der Waals surface area contributed by atoms with Crippen LogP contribution in [0, 0.1) is 0 Å². The monoisotopic (exact) mass is 160 g/mol. The SMILES string of the molecule is NC1CCOCC1NC(=O)O. The second-order valence-electron chi connectivity index (χ2n) is 2.58. The molecule has 0 saturated carbocycles. The summed E-state index contributed by atoms with van der Waals surface area (Å²) in [6.45, 7) is 1.01. The van der Waals surface area contributed by atoms with Crippen LogP contribution in [0.1, 0.15) is 6.42 Å². The normalized spacial score (nSPS) is 31.4. The molecule has 2 unspecified atom stereocenters. The van der Waals surface area contributed by atoms with E-state index in [0.717, 1.165) is 0 Å². The van der Waals surface area contributed by atoms with Gasteiger partial charge in [0.1, 0.15) is 0 Å². The van der Waals surface area contributed by atoms with Crippen molar-refractivity contribution in [3.8, 4) is 0 Å². The fraction of sp³-hybridized carbons (Fsp3) is 0.833. The molecule has 1 heterocycles. The first kappa shape index (κ1) is 8.29. The van der Waals surface area contributed by atoms with Crippen LogP contribution in [-0.2, 0) is 4.74 Å². The van der Waals surface area contributed by atoms with Gasteiger partial charge in [-0.1, -0.05) is 0 Å². The van der Waals surface area contributed by atoms with Crippen LogP contribution in [0.25, 0.3) is 0 Å². The smallest absolute Gasteiger partial charge is 0.405 e. The van der Waals surface area contributed by atoms with Crippen molar-refractivity contribution < 1.29 is 14.6 Å². The molecule has 5 heteroatoms. The highest BCUT2D eigenvalue weighted by atomic mass is 16.5. The first-order valence-electron chi connectivity index (χ1n) is 3.53. The Morgan fingerprint density at radius 3 is 3.00 bits per heavy atom. The van der Waals surface area contributed by atoms with Gasteiger partial charge in [-0.05, 0) is 6.42 Å². The standard InChI is InChI=1S/C6H12N2O3/c7-4-1-2-11-3-5(4)8-6(9)10/h4-5,8H,1-3,7H2,(H,9,10). The molecule has 0 aliphatic carbocycles. The molecule has 0 spiro atoms. The number of carbonyl (C=O) groups is 1. The van der Waals surface area contributed by atoms with E-state index in [1.165, 1.54) is 0 Å². The summed E-state index contributed by atoms with van der Waals surface area (Å²) in [6, 6.07) is -0.360. The molecule has 0 aromatic rings. The lowest BCUT2D eigenvalue weighted by atomic mass is 10.1. The van der Waals surface area contributed by atoms with Crippen molar-refractivity contribution in [2.75, 3.05) is 13.2 Å². The predicted molar refractivity (Wildman–Crippen MR) is 38.4 cm³/mol. The van der Waals surface area contributed by atoms with Crippen LogP contribution in [0.4, 0.5) is 4.79 Å². The zero-order valence-electron chi connectivity index (χ0n) is 6.12. The summed E-state index contributed by atoms with van der Waals surface area (Å²) in [4.78, 5) is 10.2. The van der Waals surface area contributed by atoms with Crippen molar-refractivity contribution >= 4 is 6.09 Å². The first-order valence-corrected chi connectivity index (χ1v) is 3.53. The van der Waals surface area contributed by atoms with Crippen LogP contribution in [0.5, 0.6) is 0 Å².